The number of aromatic hydroxyl groups is 1. The number of methoxy groups -OCH3 is 1. The van der Waals surface area contributed by atoms with Crippen molar-refractivity contribution in [3.05, 3.63) is 47.7 Å². The molecule has 0 aromatic heterocycles. The Morgan fingerprint density at radius 2 is 1.97 bits per heavy atom. The third-order valence-electron chi connectivity index (χ3n) is 7.68. The highest BCUT2D eigenvalue weighted by molar-refractivity contribution is 5.95. The Morgan fingerprint density at radius 1 is 1.19 bits per heavy atom. The number of hydrogen-bond donors (Lipinski definition) is 5. The molecule has 9 atom stereocenters. The van der Waals surface area contributed by atoms with Crippen molar-refractivity contribution < 1.29 is 49.3 Å². The summed E-state index contributed by atoms with van der Waals surface area (Å²) in [6.07, 6.45) is -4.10. The Bertz CT molecular complexity index is 1060. The first-order valence-electron chi connectivity index (χ1n) is 11.9. The van der Waals surface area contributed by atoms with Gasteiger partial charge in [0.15, 0.2) is 17.8 Å². The highest BCUT2D eigenvalue weighted by Crippen LogP contribution is 2.49. The topological polar surface area (TPSA) is 158 Å². The summed E-state index contributed by atoms with van der Waals surface area (Å²) in [6.45, 7) is 3.83. The molecule has 196 valence electrons. The van der Waals surface area contributed by atoms with Gasteiger partial charge < -0.3 is 49.4 Å². The third-order valence-corrected chi connectivity index (χ3v) is 7.68. The molecule has 4 aliphatic rings. The average molecular weight is 506 g/mol. The average Bonchev–Trinajstić information content (AvgIpc) is 2.88. The van der Waals surface area contributed by atoms with E-state index in [0.717, 1.165) is 11.1 Å². The van der Waals surface area contributed by atoms with Gasteiger partial charge in [0.1, 0.15) is 24.4 Å². The zero-order chi connectivity index (χ0) is 25.7. The molecule has 0 radical (unpaired) electrons. The van der Waals surface area contributed by atoms with Crippen molar-refractivity contribution in [1.29, 1.82) is 0 Å². The van der Waals surface area contributed by atoms with Crippen molar-refractivity contribution in [3.8, 4) is 11.5 Å². The molecule has 0 spiro atoms. The molecule has 2 saturated heterocycles. The van der Waals surface area contributed by atoms with Gasteiger partial charge in [-0.3, -0.25) is 4.79 Å². The predicted octanol–water partition coefficient (Wildman–Crippen LogP) is -0.295. The molecule has 4 heterocycles. The first-order valence-corrected chi connectivity index (χ1v) is 11.9. The molecule has 4 aliphatic heterocycles. The van der Waals surface area contributed by atoms with Gasteiger partial charge in [-0.2, -0.15) is 0 Å². The van der Waals surface area contributed by atoms with Gasteiger partial charge >= 0.3 is 0 Å². The molecule has 0 aliphatic carbocycles. The summed E-state index contributed by atoms with van der Waals surface area (Å²) < 4.78 is 22.3. The summed E-state index contributed by atoms with van der Waals surface area (Å²) >= 11 is 0. The molecule has 0 saturated carbocycles. The Kier molecular flexibility index (Phi) is 6.70. The van der Waals surface area contributed by atoms with E-state index < -0.39 is 49.5 Å². The summed E-state index contributed by atoms with van der Waals surface area (Å²) in [5, 5.41) is 50.4. The first kappa shape index (κ1) is 25.0. The fraction of sp³-hybridized carbons (Fsp3) is 0.560. The molecule has 1 aromatic rings. The molecule has 2 fully saturated rings. The van der Waals surface area contributed by atoms with E-state index in [2.05, 4.69) is 6.58 Å². The fourth-order valence-electron chi connectivity index (χ4n) is 5.70. The molecule has 0 bridgehead atoms. The van der Waals surface area contributed by atoms with Crippen LogP contribution in [0.3, 0.4) is 0 Å². The summed E-state index contributed by atoms with van der Waals surface area (Å²) in [5.74, 6) is -0.637. The van der Waals surface area contributed by atoms with Gasteiger partial charge in [0.25, 0.3) is 5.91 Å². The molecule has 1 aromatic carbocycles. The first-order chi connectivity index (χ1) is 17.3. The standard InChI is InChI=1S/C25H31NO10/c1-3-12-14-7-16-13-8-17(28)18(33-2)6-11(13)4-5-26(16)23(32)15(14)10-34-24(12)36-25-22(31)21(30)20(29)19(9-27)35-25/h3,6,8,10,12,14,16,19-22,24-25,27-31H,1,4-5,7,9H2,2H3/t12-,14-,16+,19+,20-,21+,22+,24-,25-/m0/s1. The highest BCUT2D eigenvalue weighted by Gasteiger charge is 2.50. The Morgan fingerprint density at radius 3 is 2.67 bits per heavy atom. The quantitative estimate of drug-likeness (QED) is 0.337. The van der Waals surface area contributed by atoms with Crippen LogP contribution in [0.5, 0.6) is 11.5 Å². The Labute approximate surface area is 207 Å². The molecule has 36 heavy (non-hydrogen) atoms. The van der Waals surface area contributed by atoms with Gasteiger partial charge in [0.2, 0.25) is 6.29 Å². The normalized spacial score (nSPS) is 37.7. The molecule has 5 N–H and O–H groups in total. The van der Waals surface area contributed by atoms with E-state index in [0.29, 0.717) is 30.7 Å². The monoisotopic (exact) mass is 505 g/mol. The van der Waals surface area contributed by atoms with Crippen LogP contribution in [0.2, 0.25) is 0 Å². The van der Waals surface area contributed by atoms with Gasteiger partial charge in [-0.15, -0.1) is 6.58 Å². The van der Waals surface area contributed by atoms with Crippen molar-refractivity contribution in [3.63, 3.8) is 0 Å². The van der Waals surface area contributed by atoms with Crippen LogP contribution in [0, 0.1) is 11.8 Å². The van der Waals surface area contributed by atoms with Crippen molar-refractivity contribution >= 4 is 5.91 Å². The van der Waals surface area contributed by atoms with Gasteiger partial charge in [0, 0.05) is 18.4 Å². The van der Waals surface area contributed by atoms with Crippen LogP contribution >= 0.6 is 0 Å². The predicted molar refractivity (Wildman–Crippen MR) is 122 cm³/mol. The maximum atomic E-state index is 13.4. The van der Waals surface area contributed by atoms with Crippen LogP contribution in [0.1, 0.15) is 23.6 Å². The Hall–Kier alpha value is -2.67. The van der Waals surface area contributed by atoms with E-state index in [9.17, 15) is 30.3 Å². The SMILES string of the molecule is C=C[C@@H]1[C@H](O[C@@H]2O[C@H](CO)[C@H](O)[C@@H](O)[C@H]2O)OC=C2C(=O)N3CCc4cc(OC)c(O)cc4[C@H]3C[C@H]21. The number of phenols is 1. The van der Waals surface area contributed by atoms with E-state index in [4.69, 9.17) is 18.9 Å². The maximum absolute atomic E-state index is 13.4. The number of ether oxygens (including phenoxy) is 4. The van der Waals surface area contributed by atoms with Gasteiger partial charge in [-0.1, -0.05) is 6.08 Å². The molecule has 0 unspecified atom stereocenters. The zero-order valence-corrected chi connectivity index (χ0v) is 19.8. The van der Waals surface area contributed by atoms with Crippen LogP contribution in [0.25, 0.3) is 0 Å². The molecular weight excluding hydrogens is 474 g/mol. The van der Waals surface area contributed by atoms with Gasteiger partial charge in [0.05, 0.1) is 31.6 Å². The third kappa shape index (κ3) is 3.96. The number of phenolic OH excluding ortho intramolecular Hbond substituents is 1. The van der Waals surface area contributed by atoms with Crippen molar-refractivity contribution in [2.45, 2.75) is 55.9 Å². The summed E-state index contributed by atoms with van der Waals surface area (Å²) in [4.78, 5) is 15.2. The second kappa shape index (κ2) is 9.66. The number of piperidine rings is 1. The second-order valence-electron chi connectivity index (χ2n) is 9.55. The molecule has 11 heteroatoms. The van der Waals surface area contributed by atoms with Crippen molar-refractivity contribution in [2.75, 3.05) is 20.3 Å². The minimum Gasteiger partial charge on any atom is -0.504 e. The van der Waals surface area contributed by atoms with Crippen LogP contribution in [-0.4, -0.2) is 93.6 Å². The molecule has 11 nitrogen and oxygen atoms in total. The van der Waals surface area contributed by atoms with E-state index in [1.807, 2.05) is 0 Å². The van der Waals surface area contributed by atoms with Crippen LogP contribution < -0.4 is 4.74 Å². The number of nitrogens with zero attached hydrogens (tertiary/aromatic N) is 1. The number of rotatable bonds is 5. The molecular formula is C25H31NO10. The van der Waals surface area contributed by atoms with Gasteiger partial charge in [-0.25, -0.2) is 0 Å². The number of carbonyl (C=O) groups is 1. The van der Waals surface area contributed by atoms with E-state index in [1.54, 1.807) is 23.1 Å². The summed E-state index contributed by atoms with van der Waals surface area (Å²) in [7, 11) is 1.49. The van der Waals surface area contributed by atoms with Crippen molar-refractivity contribution in [2.24, 2.45) is 11.8 Å². The lowest BCUT2D eigenvalue weighted by molar-refractivity contribution is -0.339. The number of fused-ring (bicyclic) bond motifs is 4. The number of amides is 1. The van der Waals surface area contributed by atoms with E-state index >= 15 is 0 Å². The minimum absolute atomic E-state index is 0.00274. The summed E-state index contributed by atoms with van der Waals surface area (Å²) in [5.41, 5.74) is 2.33. The fourth-order valence-corrected chi connectivity index (χ4v) is 5.70. The number of hydrogen-bond acceptors (Lipinski definition) is 10. The number of benzene rings is 1. The lowest BCUT2D eigenvalue weighted by Crippen LogP contribution is -2.60. The van der Waals surface area contributed by atoms with Crippen molar-refractivity contribution in [1.82, 2.24) is 4.90 Å². The minimum atomic E-state index is -1.59. The summed E-state index contributed by atoms with van der Waals surface area (Å²) in [6, 6.07) is 3.17. The lowest BCUT2D eigenvalue weighted by Gasteiger charge is -2.48. The smallest absolute Gasteiger partial charge is 0.253 e. The van der Waals surface area contributed by atoms with Crippen LogP contribution in [0.4, 0.5) is 0 Å². The lowest BCUT2D eigenvalue weighted by atomic mass is 9.73. The second-order valence-corrected chi connectivity index (χ2v) is 9.55. The van der Waals surface area contributed by atoms with E-state index in [1.165, 1.54) is 13.4 Å². The van der Waals surface area contributed by atoms with Crippen LogP contribution in [0.15, 0.2) is 36.6 Å². The largest absolute Gasteiger partial charge is 0.504 e. The number of carbonyl (C=O) groups excluding carboxylic acids is 1. The highest BCUT2D eigenvalue weighted by atomic mass is 16.8. The number of aliphatic hydroxyl groups excluding tert-OH is 4. The van der Waals surface area contributed by atoms with E-state index in [-0.39, 0.29) is 23.6 Å². The molecule has 5 rings (SSSR count). The van der Waals surface area contributed by atoms with Crippen LogP contribution in [-0.2, 0) is 25.4 Å². The zero-order valence-electron chi connectivity index (χ0n) is 19.8. The maximum Gasteiger partial charge on any atom is 0.253 e. The molecule has 1 amide bonds. The number of aliphatic hydroxyl groups is 4. The Balaban J connectivity index is 1.41. The van der Waals surface area contributed by atoms with Gasteiger partial charge in [-0.05, 0) is 36.1 Å².